The molecule has 8 nitrogen and oxygen atoms in total. The third-order valence-electron chi connectivity index (χ3n) is 2.31. The van der Waals surface area contributed by atoms with E-state index in [1.807, 2.05) is 0 Å². The van der Waals surface area contributed by atoms with Crippen molar-refractivity contribution in [2.75, 3.05) is 38.8 Å². The number of carbonyl (C=O) groups excluding carboxylic acids is 1. The molecule has 0 saturated heterocycles. The van der Waals surface area contributed by atoms with Crippen LogP contribution in [0.5, 0.6) is 0 Å². The zero-order valence-electron chi connectivity index (χ0n) is 11.8. The Bertz CT molecular complexity index is 542. The van der Waals surface area contributed by atoms with Crippen LogP contribution >= 0.6 is 0 Å². The first-order valence-corrected chi connectivity index (χ1v) is 7.92. The number of hydrogen-bond donors (Lipinski definition) is 2. The number of carbonyl (C=O) groups is 1. The monoisotopic (exact) mass is 301 g/mol. The highest BCUT2D eigenvalue weighted by Crippen LogP contribution is 2.03. The van der Waals surface area contributed by atoms with Gasteiger partial charge < -0.3 is 10.2 Å². The highest BCUT2D eigenvalue weighted by molar-refractivity contribution is 7.88. The molecule has 0 aliphatic heterocycles. The van der Waals surface area contributed by atoms with E-state index in [-0.39, 0.29) is 11.6 Å². The Balaban J connectivity index is 2.37. The molecular weight excluding hydrogens is 282 g/mol. The Hall–Kier alpha value is -1.74. The van der Waals surface area contributed by atoms with E-state index in [1.54, 1.807) is 26.2 Å². The van der Waals surface area contributed by atoms with Crippen molar-refractivity contribution in [1.29, 1.82) is 0 Å². The second kappa shape index (κ2) is 7.15. The number of nitrogens with zero attached hydrogens (tertiary/aromatic N) is 3. The Morgan fingerprint density at radius 3 is 2.45 bits per heavy atom. The number of aromatic nitrogens is 2. The lowest BCUT2D eigenvalue weighted by Gasteiger charge is -2.09. The van der Waals surface area contributed by atoms with Gasteiger partial charge in [0.15, 0.2) is 5.69 Å². The van der Waals surface area contributed by atoms with Gasteiger partial charge in [0, 0.05) is 27.2 Å². The molecule has 0 radical (unpaired) electrons. The van der Waals surface area contributed by atoms with Crippen LogP contribution in [0.1, 0.15) is 16.9 Å². The second-order valence-corrected chi connectivity index (χ2v) is 6.28. The van der Waals surface area contributed by atoms with Gasteiger partial charge >= 0.3 is 0 Å². The van der Waals surface area contributed by atoms with Gasteiger partial charge in [-0.1, -0.05) is 0 Å². The second-order valence-electron chi connectivity index (χ2n) is 4.45. The molecule has 0 bridgehead atoms. The van der Waals surface area contributed by atoms with Gasteiger partial charge in [-0.25, -0.2) is 13.1 Å². The first-order chi connectivity index (χ1) is 9.29. The number of rotatable bonds is 7. The molecule has 1 heterocycles. The van der Waals surface area contributed by atoms with Crippen molar-refractivity contribution in [3.05, 3.63) is 17.8 Å². The van der Waals surface area contributed by atoms with E-state index in [9.17, 15) is 13.2 Å². The minimum Gasteiger partial charge on any atom is -0.369 e. The molecule has 1 rings (SSSR count). The molecule has 1 aromatic heterocycles. The van der Waals surface area contributed by atoms with Gasteiger partial charge in [-0.3, -0.25) is 4.79 Å². The van der Waals surface area contributed by atoms with Crippen molar-refractivity contribution in [2.24, 2.45) is 0 Å². The summed E-state index contributed by atoms with van der Waals surface area (Å²) in [6.07, 6.45) is 1.74. The fourth-order valence-electron chi connectivity index (χ4n) is 1.33. The normalized spacial score (nSPS) is 11.2. The van der Waals surface area contributed by atoms with Crippen LogP contribution in [0.4, 0.5) is 5.82 Å². The van der Waals surface area contributed by atoms with Gasteiger partial charge in [0.25, 0.3) is 5.91 Å². The molecule has 0 aromatic carbocycles. The van der Waals surface area contributed by atoms with E-state index in [2.05, 4.69) is 20.2 Å². The number of anilines is 1. The minimum absolute atomic E-state index is 0.207. The molecule has 0 atom stereocenters. The molecule has 1 aromatic rings. The average molecular weight is 301 g/mol. The van der Waals surface area contributed by atoms with Crippen LogP contribution in [0, 0.1) is 0 Å². The Morgan fingerprint density at radius 2 is 1.95 bits per heavy atom. The molecule has 0 aliphatic rings. The minimum atomic E-state index is -3.14. The van der Waals surface area contributed by atoms with Gasteiger partial charge in [-0.2, -0.15) is 0 Å². The zero-order chi connectivity index (χ0) is 15.2. The lowest BCUT2D eigenvalue weighted by atomic mass is 10.3. The summed E-state index contributed by atoms with van der Waals surface area (Å²) in [6.45, 7) is 0.911. The van der Waals surface area contributed by atoms with Crippen molar-refractivity contribution in [3.63, 3.8) is 0 Å². The van der Waals surface area contributed by atoms with Crippen molar-refractivity contribution >= 4 is 21.7 Å². The van der Waals surface area contributed by atoms with Gasteiger partial charge in [-0.15, -0.1) is 10.2 Å². The maximum Gasteiger partial charge on any atom is 0.273 e. The van der Waals surface area contributed by atoms with E-state index in [0.29, 0.717) is 25.3 Å². The fourth-order valence-corrected chi connectivity index (χ4v) is 1.85. The van der Waals surface area contributed by atoms with Crippen LogP contribution in [0.25, 0.3) is 0 Å². The third-order valence-corrected chi connectivity index (χ3v) is 3.04. The molecule has 112 valence electrons. The lowest BCUT2D eigenvalue weighted by Crippen LogP contribution is -2.25. The molecular formula is C11H19N5O3S. The van der Waals surface area contributed by atoms with E-state index < -0.39 is 10.0 Å². The SMILES string of the molecule is CN(C)C(=O)c1ccc(NCCCNS(C)(=O)=O)nn1. The van der Waals surface area contributed by atoms with Crippen molar-refractivity contribution in [1.82, 2.24) is 19.8 Å². The van der Waals surface area contributed by atoms with Crippen LogP contribution in [0.2, 0.25) is 0 Å². The van der Waals surface area contributed by atoms with E-state index >= 15 is 0 Å². The molecule has 0 spiro atoms. The molecule has 1 amide bonds. The zero-order valence-corrected chi connectivity index (χ0v) is 12.6. The van der Waals surface area contributed by atoms with Gasteiger partial charge in [0.05, 0.1) is 6.26 Å². The van der Waals surface area contributed by atoms with Crippen molar-refractivity contribution in [2.45, 2.75) is 6.42 Å². The Labute approximate surface area is 118 Å². The molecule has 0 unspecified atom stereocenters. The third kappa shape index (κ3) is 5.93. The fraction of sp³-hybridized carbons (Fsp3) is 0.545. The quantitative estimate of drug-likeness (QED) is 0.660. The largest absolute Gasteiger partial charge is 0.369 e. The molecule has 20 heavy (non-hydrogen) atoms. The lowest BCUT2D eigenvalue weighted by molar-refractivity contribution is 0.0821. The molecule has 0 aliphatic carbocycles. The smallest absolute Gasteiger partial charge is 0.273 e. The topological polar surface area (TPSA) is 104 Å². The van der Waals surface area contributed by atoms with Gasteiger partial charge in [0.1, 0.15) is 5.82 Å². The Morgan fingerprint density at radius 1 is 1.25 bits per heavy atom. The molecule has 0 fully saturated rings. The summed E-state index contributed by atoms with van der Waals surface area (Å²) in [5.41, 5.74) is 0.277. The number of amides is 1. The predicted molar refractivity (Wildman–Crippen MR) is 76.0 cm³/mol. The van der Waals surface area contributed by atoms with E-state index in [4.69, 9.17) is 0 Å². The highest BCUT2D eigenvalue weighted by Gasteiger charge is 2.09. The van der Waals surface area contributed by atoms with Crippen LogP contribution in [-0.4, -0.2) is 62.9 Å². The van der Waals surface area contributed by atoms with Crippen LogP contribution in [0.3, 0.4) is 0 Å². The van der Waals surface area contributed by atoms with Crippen molar-refractivity contribution in [3.8, 4) is 0 Å². The van der Waals surface area contributed by atoms with Crippen LogP contribution < -0.4 is 10.0 Å². The summed E-state index contributed by atoms with van der Waals surface area (Å²) >= 11 is 0. The average Bonchev–Trinajstić information content (AvgIpc) is 2.37. The number of sulfonamides is 1. The molecule has 2 N–H and O–H groups in total. The summed E-state index contributed by atoms with van der Waals surface area (Å²) in [6, 6.07) is 3.25. The summed E-state index contributed by atoms with van der Waals surface area (Å²) < 4.78 is 24.1. The van der Waals surface area contributed by atoms with Gasteiger partial charge in [0.2, 0.25) is 10.0 Å². The highest BCUT2D eigenvalue weighted by atomic mass is 32.2. The maximum atomic E-state index is 11.6. The van der Waals surface area contributed by atoms with E-state index in [0.717, 1.165) is 6.26 Å². The Kier molecular flexibility index (Phi) is 5.83. The first kappa shape index (κ1) is 16.3. The predicted octanol–water partition coefficient (Wildman–Crippen LogP) is -0.470. The summed E-state index contributed by atoms with van der Waals surface area (Å²) in [7, 11) is 0.147. The molecule has 0 saturated carbocycles. The summed E-state index contributed by atoms with van der Waals surface area (Å²) in [4.78, 5) is 13.0. The number of nitrogens with one attached hydrogen (secondary N) is 2. The maximum absolute atomic E-state index is 11.6. The van der Waals surface area contributed by atoms with E-state index in [1.165, 1.54) is 4.90 Å². The first-order valence-electron chi connectivity index (χ1n) is 6.03. The summed E-state index contributed by atoms with van der Waals surface area (Å²) in [5.74, 6) is 0.334. The molecule has 9 heteroatoms. The van der Waals surface area contributed by atoms with Crippen LogP contribution in [-0.2, 0) is 10.0 Å². The van der Waals surface area contributed by atoms with Crippen molar-refractivity contribution < 1.29 is 13.2 Å². The summed E-state index contributed by atoms with van der Waals surface area (Å²) in [5, 5.41) is 10.7. The number of hydrogen-bond acceptors (Lipinski definition) is 6. The van der Waals surface area contributed by atoms with Gasteiger partial charge in [-0.05, 0) is 18.6 Å². The standard InChI is InChI=1S/C11H19N5O3S/c1-16(2)11(17)9-5-6-10(15-14-9)12-7-4-8-13-20(3,18)19/h5-6,13H,4,7-8H2,1-3H3,(H,12,15). The van der Waals surface area contributed by atoms with Crippen LogP contribution in [0.15, 0.2) is 12.1 Å².